The molecule has 1 aliphatic heterocycles. The van der Waals surface area contributed by atoms with Crippen LogP contribution in [0.5, 0.6) is 5.75 Å². The lowest BCUT2D eigenvalue weighted by atomic mass is 9.89. The molecule has 8 nitrogen and oxygen atoms in total. The number of nitriles is 1. The highest BCUT2D eigenvalue weighted by Gasteiger charge is 2.34. The number of aromatic amines is 1. The Hall–Kier alpha value is -4.12. The number of carbonyl (C=O) groups is 3. The first-order chi connectivity index (χ1) is 17.3. The number of anilines is 1. The Morgan fingerprint density at radius 1 is 1.17 bits per heavy atom. The molecule has 1 aromatic heterocycles. The molecule has 2 aromatic carbocycles. The molecule has 0 saturated heterocycles. The van der Waals surface area contributed by atoms with E-state index < -0.39 is 17.9 Å². The number of H-pyrrole nitrogens is 1. The number of fused-ring (bicyclic) bond motifs is 2. The van der Waals surface area contributed by atoms with E-state index in [4.69, 9.17) is 4.74 Å². The van der Waals surface area contributed by atoms with Crippen LogP contribution in [0.3, 0.4) is 0 Å². The summed E-state index contributed by atoms with van der Waals surface area (Å²) in [5, 5.41) is 16.2. The van der Waals surface area contributed by atoms with Gasteiger partial charge in [-0.3, -0.25) is 14.4 Å². The lowest BCUT2D eigenvalue weighted by Gasteiger charge is -2.21. The summed E-state index contributed by atoms with van der Waals surface area (Å²) in [5.74, 6) is -1.02. The summed E-state index contributed by atoms with van der Waals surface area (Å²) in [4.78, 5) is 42.0. The average Bonchev–Trinajstić information content (AvgIpc) is 3.43. The van der Waals surface area contributed by atoms with Crippen LogP contribution in [0.2, 0.25) is 0 Å². The molecule has 8 heteroatoms. The number of benzene rings is 2. The molecule has 0 saturated carbocycles. The van der Waals surface area contributed by atoms with E-state index in [1.807, 2.05) is 56.3 Å². The van der Waals surface area contributed by atoms with Crippen molar-refractivity contribution in [2.24, 2.45) is 11.8 Å². The SMILES string of the molecule is COc1cccc2[nH]c(C(=O)C[C@@H](CC(C)C)C(=O)N[C@H](C#N)C[C@H]3C(=O)Nc4ccccc43)cc12. The van der Waals surface area contributed by atoms with Crippen molar-refractivity contribution in [1.82, 2.24) is 10.3 Å². The molecule has 0 aliphatic carbocycles. The Kier molecular flexibility index (Phi) is 7.39. The van der Waals surface area contributed by atoms with Crippen LogP contribution in [-0.2, 0) is 9.59 Å². The van der Waals surface area contributed by atoms with Crippen LogP contribution in [0, 0.1) is 23.2 Å². The largest absolute Gasteiger partial charge is 0.496 e. The number of nitrogens with zero attached hydrogens (tertiary/aromatic N) is 1. The number of methoxy groups -OCH3 is 1. The zero-order valence-corrected chi connectivity index (χ0v) is 20.6. The van der Waals surface area contributed by atoms with Crippen molar-refractivity contribution in [2.45, 2.75) is 45.1 Å². The number of hydrogen-bond acceptors (Lipinski definition) is 5. The van der Waals surface area contributed by atoms with Gasteiger partial charge in [-0.15, -0.1) is 0 Å². The number of carbonyl (C=O) groups excluding carboxylic acids is 3. The molecule has 3 atom stereocenters. The van der Waals surface area contributed by atoms with Gasteiger partial charge in [0.2, 0.25) is 11.8 Å². The van der Waals surface area contributed by atoms with Crippen LogP contribution in [0.4, 0.5) is 5.69 Å². The van der Waals surface area contributed by atoms with Crippen molar-refractivity contribution >= 4 is 34.2 Å². The summed E-state index contributed by atoms with van der Waals surface area (Å²) < 4.78 is 5.38. The van der Waals surface area contributed by atoms with Crippen LogP contribution in [0.15, 0.2) is 48.5 Å². The molecule has 36 heavy (non-hydrogen) atoms. The minimum Gasteiger partial charge on any atom is -0.496 e. The van der Waals surface area contributed by atoms with Gasteiger partial charge in [-0.25, -0.2) is 0 Å². The van der Waals surface area contributed by atoms with Crippen LogP contribution >= 0.6 is 0 Å². The number of hydrogen-bond donors (Lipinski definition) is 3. The molecular formula is C28H30N4O4. The fourth-order valence-corrected chi connectivity index (χ4v) is 4.82. The van der Waals surface area contributed by atoms with Gasteiger partial charge in [-0.05, 0) is 48.6 Å². The van der Waals surface area contributed by atoms with Crippen LogP contribution in [0.1, 0.15) is 55.1 Å². The van der Waals surface area contributed by atoms with Gasteiger partial charge in [0, 0.05) is 28.9 Å². The highest BCUT2D eigenvalue weighted by molar-refractivity contribution is 6.03. The second-order valence-corrected chi connectivity index (χ2v) is 9.61. The third-order valence-electron chi connectivity index (χ3n) is 6.56. The number of para-hydroxylation sites is 1. The van der Waals surface area contributed by atoms with Gasteiger partial charge in [0.25, 0.3) is 0 Å². The zero-order chi connectivity index (χ0) is 25.8. The van der Waals surface area contributed by atoms with Crippen LogP contribution in [-0.4, -0.2) is 35.7 Å². The Morgan fingerprint density at radius 2 is 1.94 bits per heavy atom. The van der Waals surface area contributed by atoms with Gasteiger partial charge >= 0.3 is 0 Å². The molecule has 0 unspecified atom stereocenters. The molecule has 3 aromatic rings. The maximum atomic E-state index is 13.2. The van der Waals surface area contributed by atoms with Crippen molar-refractivity contribution in [3.8, 4) is 11.8 Å². The standard InChI is InChI=1S/C28H30N4O4/c1-16(2)11-17(12-25(33)24-14-21-23(31-24)9-6-10-26(21)36-3)27(34)30-18(15-29)13-20-19-7-4-5-8-22(19)32-28(20)35/h4-10,14,16-18,20,31H,11-13H2,1-3H3,(H,30,34)(H,32,35)/t17-,18+,20-/m1/s1. The molecule has 2 heterocycles. The van der Waals surface area contributed by atoms with E-state index in [1.54, 1.807) is 13.2 Å². The molecule has 4 rings (SSSR count). The van der Waals surface area contributed by atoms with Crippen molar-refractivity contribution in [3.63, 3.8) is 0 Å². The van der Waals surface area contributed by atoms with E-state index >= 15 is 0 Å². The summed E-state index contributed by atoms with van der Waals surface area (Å²) in [6.07, 6.45) is 0.658. The number of ketones is 1. The first-order valence-electron chi connectivity index (χ1n) is 12.1. The first-order valence-corrected chi connectivity index (χ1v) is 12.1. The summed E-state index contributed by atoms with van der Waals surface area (Å²) in [6.45, 7) is 3.97. The van der Waals surface area contributed by atoms with Crippen molar-refractivity contribution in [2.75, 3.05) is 12.4 Å². The van der Waals surface area contributed by atoms with Gasteiger partial charge in [0.15, 0.2) is 5.78 Å². The van der Waals surface area contributed by atoms with Gasteiger partial charge in [0.1, 0.15) is 11.8 Å². The summed E-state index contributed by atoms with van der Waals surface area (Å²) in [7, 11) is 1.58. The summed E-state index contributed by atoms with van der Waals surface area (Å²) >= 11 is 0. The maximum Gasteiger partial charge on any atom is 0.232 e. The first kappa shape index (κ1) is 25.0. The third-order valence-corrected chi connectivity index (χ3v) is 6.56. The molecule has 0 fully saturated rings. The Balaban J connectivity index is 1.47. The highest BCUT2D eigenvalue weighted by atomic mass is 16.5. The lowest BCUT2D eigenvalue weighted by Crippen LogP contribution is -2.40. The fourth-order valence-electron chi connectivity index (χ4n) is 4.82. The van der Waals surface area contributed by atoms with Crippen molar-refractivity contribution in [3.05, 3.63) is 59.8 Å². The Labute approximate surface area is 210 Å². The van der Waals surface area contributed by atoms with E-state index in [0.29, 0.717) is 17.9 Å². The van der Waals surface area contributed by atoms with E-state index in [0.717, 1.165) is 22.2 Å². The number of aromatic nitrogens is 1. The van der Waals surface area contributed by atoms with Crippen molar-refractivity contribution < 1.29 is 19.1 Å². The third kappa shape index (κ3) is 5.25. The molecule has 0 bridgehead atoms. The number of Topliss-reactive ketones (excluding diaryl/α,β-unsaturated/α-hetero) is 1. The van der Waals surface area contributed by atoms with Crippen molar-refractivity contribution in [1.29, 1.82) is 5.26 Å². The normalized spacial score (nSPS) is 16.2. The van der Waals surface area contributed by atoms with Crippen LogP contribution < -0.4 is 15.4 Å². The fraction of sp³-hybridized carbons (Fsp3) is 0.357. The second kappa shape index (κ2) is 10.6. The molecular weight excluding hydrogens is 456 g/mol. The summed E-state index contributed by atoms with van der Waals surface area (Å²) in [5.41, 5.74) is 2.74. The van der Waals surface area contributed by atoms with E-state index in [1.165, 1.54) is 0 Å². The van der Waals surface area contributed by atoms with Crippen LogP contribution in [0.25, 0.3) is 10.9 Å². The minimum atomic E-state index is -0.860. The van der Waals surface area contributed by atoms with E-state index in [2.05, 4.69) is 21.7 Å². The molecule has 0 radical (unpaired) electrons. The second-order valence-electron chi connectivity index (χ2n) is 9.61. The molecule has 0 spiro atoms. The molecule has 2 amide bonds. The van der Waals surface area contributed by atoms with E-state index in [-0.39, 0.29) is 36.4 Å². The smallest absolute Gasteiger partial charge is 0.232 e. The number of nitrogens with one attached hydrogen (secondary N) is 3. The Bertz CT molecular complexity index is 1340. The minimum absolute atomic E-state index is 0.00402. The highest BCUT2D eigenvalue weighted by Crippen LogP contribution is 2.35. The topological polar surface area (TPSA) is 124 Å². The Morgan fingerprint density at radius 3 is 2.67 bits per heavy atom. The average molecular weight is 487 g/mol. The predicted molar refractivity (Wildman–Crippen MR) is 137 cm³/mol. The quantitative estimate of drug-likeness (QED) is 0.363. The molecule has 1 aliphatic rings. The monoisotopic (exact) mass is 486 g/mol. The number of ether oxygens (including phenoxy) is 1. The van der Waals surface area contributed by atoms with E-state index in [9.17, 15) is 19.6 Å². The maximum absolute atomic E-state index is 13.2. The lowest BCUT2D eigenvalue weighted by molar-refractivity contribution is -0.126. The predicted octanol–water partition coefficient (Wildman–Crippen LogP) is 4.55. The number of amides is 2. The zero-order valence-electron chi connectivity index (χ0n) is 20.6. The number of rotatable bonds is 10. The van der Waals surface area contributed by atoms with Gasteiger partial charge in [0.05, 0.1) is 24.8 Å². The molecule has 3 N–H and O–H groups in total. The molecule has 186 valence electrons. The van der Waals surface area contributed by atoms with Gasteiger partial charge in [-0.1, -0.05) is 38.1 Å². The summed E-state index contributed by atoms with van der Waals surface area (Å²) in [6, 6.07) is 15.9. The van der Waals surface area contributed by atoms with Gasteiger partial charge in [-0.2, -0.15) is 5.26 Å². The van der Waals surface area contributed by atoms with Gasteiger partial charge < -0.3 is 20.4 Å².